The molecule has 176 valence electrons. The van der Waals surface area contributed by atoms with Crippen molar-refractivity contribution in [2.75, 3.05) is 13.2 Å². The minimum atomic E-state index is -1.66. The summed E-state index contributed by atoms with van der Waals surface area (Å²) in [6.45, 7) is -1.85. The lowest BCUT2D eigenvalue weighted by Crippen LogP contribution is -2.59. The number of aliphatic hydroxyl groups excluding tert-OH is 2. The number of hydrogen-bond acceptors (Lipinski definition) is 8. The highest BCUT2D eigenvalue weighted by Gasteiger charge is 2.30. The Bertz CT molecular complexity index is 819. The molecule has 0 bridgehead atoms. The Hall–Kier alpha value is -3.55. The van der Waals surface area contributed by atoms with Crippen molar-refractivity contribution in [2.45, 2.75) is 37.0 Å². The van der Waals surface area contributed by atoms with E-state index in [1.165, 1.54) is 0 Å². The SMILES string of the molecule is NC(=O)CC(NC(=O)C(N)Cc1ccccc1)C(=O)NC(CO)C(=O)NC(CO)C(=O)O. The average molecular weight is 453 g/mol. The molecule has 0 saturated heterocycles. The molecule has 0 radical (unpaired) electrons. The number of carboxylic acid groups (broad SMARTS) is 1. The minimum Gasteiger partial charge on any atom is -0.480 e. The molecular formula is C19H27N5O8. The van der Waals surface area contributed by atoms with Crippen LogP contribution >= 0.6 is 0 Å². The molecule has 4 unspecified atom stereocenters. The minimum absolute atomic E-state index is 0.150. The number of benzene rings is 1. The molecule has 0 heterocycles. The van der Waals surface area contributed by atoms with Gasteiger partial charge in [-0.05, 0) is 12.0 Å². The van der Waals surface area contributed by atoms with Crippen LogP contribution in [-0.4, -0.2) is 82.3 Å². The number of carbonyl (C=O) groups is 5. The fourth-order valence-electron chi connectivity index (χ4n) is 2.57. The van der Waals surface area contributed by atoms with Crippen LogP contribution in [0.1, 0.15) is 12.0 Å². The number of carbonyl (C=O) groups excluding carboxylic acids is 4. The Labute approximate surface area is 183 Å². The first-order valence-corrected chi connectivity index (χ1v) is 9.52. The third-order valence-corrected chi connectivity index (χ3v) is 4.29. The molecular weight excluding hydrogens is 426 g/mol. The number of primary amides is 1. The zero-order valence-corrected chi connectivity index (χ0v) is 17.1. The van der Waals surface area contributed by atoms with Crippen LogP contribution in [0.2, 0.25) is 0 Å². The fourth-order valence-corrected chi connectivity index (χ4v) is 2.57. The highest BCUT2D eigenvalue weighted by molar-refractivity contribution is 5.96. The highest BCUT2D eigenvalue weighted by Crippen LogP contribution is 2.03. The first kappa shape index (κ1) is 26.5. The van der Waals surface area contributed by atoms with Crippen LogP contribution in [0.3, 0.4) is 0 Å². The Morgan fingerprint density at radius 3 is 1.81 bits per heavy atom. The highest BCUT2D eigenvalue weighted by atomic mass is 16.4. The van der Waals surface area contributed by atoms with Crippen molar-refractivity contribution in [1.82, 2.24) is 16.0 Å². The predicted molar refractivity (Wildman–Crippen MR) is 110 cm³/mol. The molecule has 0 aliphatic heterocycles. The lowest BCUT2D eigenvalue weighted by molar-refractivity contribution is -0.143. The Kier molecular flexibility index (Phi) is 10.8. The van der Waals surface area contributed by atoms with E-state index in [-0.39, 0.29) is 6.42 Å². The van der Waals surface area contributed by atoms with E-state index in [1.807, 2.05) is 5.32 Å². The normalized spacial score (nSPS) is 14.3. The number of amides is 4. The third-order valence-electron chi connectivity index (χ3n) is 4.29. The van der Waals surface area contributed by atoms with Crippen molar-refractivity contribution in [2.24, 2.45) is 11.5 Å². The van der Waals surface area contributed by atoms with Gasteiger partial charge in [0.15, 0.2) is 0 Å². The summed E-state index contributed by atoms with van der Waals surface area (Å²) in [6.07, 6.45) is -0.471. The standard InChI is InChI=1S/C19H27N5O8/c20-11(6-10-4-2-1-3-5-10)16(28)22-12(7-15(21)27)17(29)23-13(8-25)18(30)24-14(9-26)19(31)32/h1-5,11-14,25-26H,6-9,20H2,(H2,21,27)(H,22,28)(H,23,29)(H,24,30)(H,31,32). The number of aliphatic carboxylic acids is 1. The van der Waals surface area contributed by atoms with E-state index < -0.39 is 73.4 Å². The van der Waals surface area contributed by atoms with Crippen LogP contribution < -0.4 is 27.4 Å². The average Bonchev–Trinajstić information content (AvgIpc) is 2.74. The number of aliphatic hydroxyl groups is 2. The van der Waals surface area contributed by atoms with Crippen molar-refractivity contribution < 1.29 is 39.3 Å². The van der Waals surface area contributed by atoms with Gasteiger partial charge in [0.1, 0.15) is 18.1 Å². The van der Waals surface area contributed by atoms with Gasteiger partial charge in [0.05, 0.1) is 25.7 Å². The molecule has 1 aromatic rings. The van der Waals surface area contributed by atoms with Gasteiger partial charge in [-0.15, -0.1) is 0 Å². The van der Waals surface area contributed by atoms with Gasteiger partial charge in [-0.3, -0.25) is 19.2 Å². The Morgan fingerprint density at radius 2 is 1.31 bits per heavy atom. The summed E-state index contributed by atoms with van der Waals surface area (Å²) in [5.74, 6) is -5.36. The first-order chi connectivity index (χ1) is 15.1. The van der Waals surface area contributed by atoms with E-state index in [0.29, 0.717) is 0 Å². The Balaban J connectivity index is 2.82. The molecule has 13 nitrogen and oxygen atoms in total. The molecule has 13 heteroatoms. The van der Waals surface area contributed by atoms with Crippen LogP contribution in [0.15, 0.2) is 30.3 Å². The summed E-state index contributed by atoms with van der Waals surface area (Å²) < 4.78 is 0. The summed E-state index contributed by atoms with van der Waals surface area (Å²) in [6, 6.07) is 2.96. The zero-order chi connectivity index (χ0) is 24.3. The molecule has 0 aliphatic carbocycles. The second kappa shape index (κ2) is 13.0. The van der Waals surface area contributed by atoms with Crippen LogP contribution in [-0.2, 0) is 30.4 Å². The van der Waals surface area contributed by atoms with E-state index in [1.54, 1.807) is 30.3 Å². The zero-order valence-electron chi connectivity index (χ0n) is 17.1. The molecule has 0 saturated carbocycles. The van der Waals surface area contributed by atoms with E-state index in [9.17, 15) is 29.1 Å². The number of rotatable bonds is 13. The van der Waals surface area contributed by atoms with Crippen molar-refractivity contribution in [1.29, 1.82) is 0 Å². The third kappa shape index (κ3) is 8.67. The van der Waals surface area contributed by atoms with E-state index in [4.69, 9.17) is 21.7 Å². The van der Waals surface area contributed by atoms with Gasteiger partial charge >= 0.3 is 5.97 Å². The molecule has 0 aromatic heterocycles. The van der Waals surface area contributed by atoms with Gasteiger partial charge in [-0.2, -0.15) is 0 Å². The molecule has 10 N–H and O–H groups in total. The van der Waals surface area contributed by atoms with Crippen LogP contribution in [0.5, 0.6) is 0 Å². The van der Waals surface area contributed by atoms with E-state index in [2.05, 4.69) is 10.6 Å². The van der Waals surface area contributed by atoms with Gasteiger partial charge < -0.3 is 42.7 Å². The molecule has 1 rings (SSSR count). The molecule has 4 atom stereocenters. The van der Waals surface area contributed by atoms with E-state index >= 15 is 0 Å². The van der Waals surface area contributed by atoms with Gasteiger partial charge in [0.2, 0.25) is 23.6 Å². The van der Waals surface area contributed by atoms with Gasteiger partial charge in [-0.25, -0.2) is 4.79 Å². The summed E-state index contributed by atoms with van der Waals surface area (Å²) >= 11 is 0. The van der Waals surface area contributed by atoms with Gasteiger partial charge in [0, 0.05) is 0 Å². The summed E-state index contributed by atoms with van der Waals surface area (Å²) in [7, 11) is 0. The van der Waals surface area contributed by atoms with Crippen LogP contribution in [0.4, 0.5) is 0 Å². The number of nitrogens with two attached hydrogens (primary N) is 2. The summed E-state index contributed by atoms with van der Waals surface area (Å²) in [4.78, 5) is 59.3. The van der Waals surface area contributed by atoms with Crippen LogP contribution in [0, 0.1) is 0 Å². The first-order valence-electron chi connectivity index (χ1n) is 9.52. The number of nitrogens with one attached hydrogen (secondary N) is 3. The molecule has 0 spiro atoms. The van der Waals surface area contributed by atoms with Gasteiger partial charge in [-0.1, -0.05) is 30.3 Å². The number of carboxylic acids is 1. The molecule has 0 aliphatic rings. The Morgan fingerprint density at radius 1 is 0.812 bits per heavy atom. The van der Waals surface area contributed by atoms with Crippen LogP contribution in [0.25, 0.3) is 0 Å². The monoisotopic (exact) mass is 453 g/mol. The number of hydrogen-bond donors (Lipinski definition) is 8. The molecule has 32 heavy (non-hydrogen) atoms. The van der Waals surface area contributed by atoms with Crippen molar-refractivity contribution >= 4 is 29.6 Å². The smallest absolute Gasteiger partial charge is 0.328 e. The second-order valence-electron chi connectivity index (χ2n) is 6.85. The maximum Gasteiger partial charge on any atom is 0.328 e. The van der Waals surface area contributed by atoms with Crippen molar-refractivity contribution in [3.05, 3.63) is 35.9 Å². The molecule has 0 fully saturated rings. The topological polar surface area (TPSA) is 234 Å². The summed E-state index contributed by atoms with van der Waals surface area (Å²) in [5, 5.41) is 33.5. The lowest BCUT2D eigenvalue weighted by Gasteiger charge is -2.23. The lowest BCUT2D eigenvalue weighted by atomic mass is 10.0. The summed E-state index contributed by atoms with van der Waals surface area (Å²) in [5.41, 5.74) is 11.7. The quantitative estimate of drug-likeness (QED) is 0.145. The van der Waals surface area contributed by atoms with E-state index in [0.717, 1.165) is 5.56 Å². The maximum atomic E-state index is 12.5. The van der Waals surface area contributed by atoms with Crippen molar-refractivity contribution in [3.8, 4) is 0 Å². The molecule has 1 aromatic carbocycles. The van der Waals surface area contributed by atoms with Gasteiger partial charge in [0.25, 0.3) is 0 Å². The second-order valence-corrected chi connectivity index (χ2v) is 6.85. The van der Waals surface area contributed by atoms with Crippen molar-refractivity contribution in [3.63, 3.8) is 0 Å². The molecule has 4 amide bonds. The predicted octanol–water partition coefficient (Wildman–Crippen LogP) is -4.04. The largest absolute Gasteiger partial charge is 0.480 e. The fraction of sp³-hybridized carbons (Fsp3) is 0.421. The maximum absolute atomic E-state index is 12.5.